The molecule has 2 amide bonds. The summed E-state index contributed by atoms with van der Waals surface area (Å²) in [5.74, 6) is 0.782. The van der Waals surface area contributed by atoms with E-state index in [1.165, 1.54) is 12.7 Å². The summed E-state index contributed by atoms with van der Waals surface area (Å²) in [6.07, 6.45) is 3.05. The Kier molecular flexibility index (Phi) is 6.69. The summed E-state index contributed by atoms with van der Waals surface area (Å²) in [5.41, 5.74) is 1.79. The number of methoxy groups -OCH3 is 1. The average Bonchev–Trinajstić information content (AvgIpc) is 2.74. The highest BCUT2D eigenvalue weighted by molar-refractivity contribution is 5.99. The van der Waals surface area contributed by atoms with E-state index in [4.69, 9.17) is 4.74 Å². The van der Waals surface area contributed by atoms with Gasteiger partial charge in [0.05, 0.1) is 12.7 Å². The maximum absolute atomic E-state index is 12.8. The van der Waals surface area contributed by atoms with Gasteiger partial charge in [0.1, 0.15) is 11.8 Å². The van der Waals surface area contributed by atoms with E-state index >= 15 is 0 Å². The first-order valence-corrected chi connectivity index (χ1v) is 9.85. The van der Waals surface area contributed by atoms with Crippen LogP contribution in [0.1, 0.15) is 35.7 Å². The third-order valence-corrected chi connectivity index (χ3v) is 5.36. The summed E-state index contributed by atoms with van der Waals surface area (Å²) in [5, 5.41) is 2.81. The lowest BCUT2D eigenvalue weighted by Gasteiger charge is -2.33. The Labute approximate surface area is 166 Å². The fraction of sp³-hybridized carbons (Fsp3) is 0.391. The molecule has 1 atom stereocenters. The number of ether oxygens (including phenoxy) is 1. The molecule has 2 aromatic rings. The Hall–Kier alpha value is -2.82. The van der Waals surface area contributed by atoms with E-state index in [1.54, 1.807) is 25.1 Å². The number of hydrogen-bond acceptors (Lipinski definition) is 3. The second-order valence-electron chi connectivity index (χ2n) is 7.35. The number of para-hydroxylation sites is 1. The van der Waals surface area contributed by atoms with E-state index in [1.807, 2.05) is 17.0 Å². The Morgan fingerprint density at radius 1 is 1.07 bits per heavy atom. The van der Waals surface area contributed by atoms with Gasteiger partial charge in [0, 0.05) is 13.1 Å². The van der Waals surface area contributed by atoms with Gasteiger partial charge in [-0.25, -0.2) is 0 Å². The van der Waals surface area contributed by atoms with Crippen LogP contribution in [0.25, 0.3) is 0 Å². The first kappa shape index (κ1) is 19.9. The predicted molar refractivity (Wildman–Crippen MR) is 109 cm³/mol. The van der Waals surface area contributed by atoms with Gasteiger partial charge in [-0.2, -0.15) is 0 Å². The fourth-order valence-electron chi connectivity index (χ4n) is 3.75. The molecule has 0 saturated carbocycles. The number of likely N-dealkylation sites (tertiary alicyclic amines) is 1. The molecule has 0 radical (unpaired) electrons. The molecule has 1 aliphatic heterocycles. The van der Waals surface area contributed by atoms with Crippen LogP contribution in [-0.2, 0) is 11.2 Å². The maximum atomic E-state index is 12.8. The second kappa shape index (κ2) is 9.40. The van der Waals surface area contributed by atoms with Crippen LogP contribution in [-0.4, -0.2) is 43.0 Å². The lowest BCUT2D eigenvalue weighted by molar-refractivity contribution is -0.134. The summed E-state index contributed by atoms with van der Waals surface area (Å²) >= 11 is 0. The molecule has 1 saturated heterocycles. The van der Waals surface area contributed by atoms with Gasteiger partial charge >= 0.3 is 0 Å². The van der Waals surface area contributed by atoms with Gasteiger partial charge in [0.15, 0.2) is 0 Å². The number of carbonyl (C=O) groups is 2. The fourth-order valence-corrected chi connectivity index (χ4v) is 3.75. The Bertz CT molecular complexity index is 799. The van der Waals surface area contributed by atoms with Crippen LogP contribution in [0.15, 0.2) is 54.6 Å². The molecule has 148 valence electrons. The SMILES string of the molecule is COc1ccccc1C(=O)N[C@H](C)C(=O)N1CCC(Cc2ccccc2)CC1. The van der Waals surface area contributed by atoms with Crippen LogP contribution in [0, 0.1) is 5.92 Å². The molecule has 0 aromatic heterocycles. The molecule has 0 spiro atoms. The lowest BCUT2D eigenvalue weighted by atomic mass is 9.90. The molecular weight excluding hydrogens is 352 g/mol. The predicted octanol–water partition coefficient (Wildman–Crippen LogP) is 3.29. The smallest absolute Gasteiger partial charge is 0.255 e. The molecule has 1 heterocycles. The molecule has 1 N–H and O–H groups in total. The number of nitrogens with zero attached hydrogens (tertiary/aromatic N) is 1. The van der Waals surface area contributed by atoms with E-state index in [9.17, 15) is 9.59 Å². The highest BCUT2D eigenvalue weighted by Crippen LogP contribution is 2.22. The minimum atomic E-state index is -0.567. The quantitative estimate of drug-likeness (QED) is 0.837. The standard InChI is InChI=1S/C23H28N2O3/c1-17(24-22(26)20-10-6-7-11-21(20)28-2)23(27)25-14-12-19(13-15-25)16-18-8-4-3-5-9-18/h3-11,17,19H,12-16H2,1-2H3,(H,24,26)/t17-/m1/s1. The van der Waals surface area contributed by atoms with Crippen LogP contribution in [0.4, 0.5) is 0 Å². The van der Waals surface area contributed by atoms with Crippen molar-refractivity contribution in [2.24, 2.45) is 5.92 Å². The number of carbonyl (C=O) groups excluding carboxylic acids is 2. The Morgan fingerprint density at radius 3 is 2.39 bits per heavy atom. The molecular formula is C23H28N2O3. The van der Waals surface area contributed by atoms with E-state index in [0.717, 1.165) is 32.4 Å². The number of hydrogen-bond donors (Lipinski definition) is 1. The summed E-state index contributed by atoms with van der Waals surface area (Å²) in [6, 6.07) is 16.9. The highest BCUT2D eigenvalue weighted by Gasteiger charge is 2.27. The minimum absolute atomic E-state index is 0.0265. The van der Waals surface area contributed by atoms with Gasteiger partial charge in [-0.1, -0.05) is 42.5 Å². The molecule has 1 fully saturated rings. The molecule has 0 aliphatic carbocycles. The van der Waals surface area contributed by atoms with Crippen molar-refractivity contribution >= 4 is 11.8 Å². The van der Waals surface area contributed by atoms with Crippen molar-refractivity contribution < 1.29 is 14.3 Å². The van der Waals surface area contributed by atoms with Crippen molar-refractivity contribution in [3.05, 3.63) is 65.7 Å². The number of amides is 2. The normalized spacial score (nSPS) is 15.7. The molecule has 5 heteroatoms. The third-order valence-electron chi connectivity index (χ3n) is 5.36. The number of benzene rings is 2. The van der Waals surface area contributed by atoms with E-state index in [2.05, 4.69) is 29.6 Å². The molecule has 0 unspecified atom stereocenters. The minimum Gasteiger partial charge on any atom is -0.496 e. The van der Waals surface area contributed by atoms with Gasteiger partial charge in [0.25, 0.3) is 5.91 Å². The first-order valence-electron chi connectivity index (χ1n) is 9.85. The first-order chi connectivity index (χ1) is 13.6. The monoisotopic (exact) mass is 380 g/mol. The topological polar surface area (TPSA) is 58.6 Å². The van der Waals surface area contributed by atoms with E-state index in [0.29, 0.717) is 17.2 Å². The lowest BCUT2D eigenvalue weighted by Crippen LogP contribution is -2.49. The molecule has 2 aromatic carbocycles. The van der Waals surface area contributed by atoms with Crippen molar-refractivity contribution in [3.63, 3.8) is 0 Å². The van der Waals surface area contributed by atoms with Crippen LogP contribution >= 0.6 is 0 Å². The molecule has 0 bridgehead atoms. The van der Waals surface area contributed by atoms with E-state index in [-0.39, 0.29) is 11.8 Å². The van der Waals surface area contributed by atoms with Crippen LogP contribution in [0.5, 0.6) is 5.75 Å². The van der Waals surface area contributed by atoms with Crippen LogP contribution in [0.3, 0.4) is 0 Å². The summed E-state index contributed by atoms with van der Waals surface area (Å²) in [7, 11) is 1.53. The maximum Gasteiger partial charge on any atom is 0.255 e. The van der Waals surface area contributed by atoms with Gasteiger partial charge in [-0.05, 0) is 49.8 Å². The van der Waals surface area contributed by atoms with Gasteiger partial charge in [0.2, 0.25) is 5.91 Å². The average molecular weight is 380 g/mol. The van der Waals surface area contributed by atoms with Crippen molar-refractivity contribution in [2.45, 2.75) is 32.2 Å². The zero-order chi connectivity index (χ0) is 19.9. The summed E-state index contributed by atoms with van der Waals surface area (Å²) in [6.45, 7) is 3.22. The zero-order valence-electron chi connectivity index (χ0n) is 16.6. The summed E-state index contributed by atoms with van der Waals surface area (Å²) < 4.78 is 5.23. The zero-order valence-corrected chi connectivity index (χ0v) is 16.6. The molecule has 1 aliphatic rings. The van der Waals surface area contributed by atoms with E-state index < -0.39 is 6.04 Å². The third kappa shape index (κ3) is 4.91. The van der Waals surface area contributed by atoms with Gasteiger partial charge < -0.3 is 15.0 Å². The number of nitrogens with one attached hydrogen (secondary N) is 1. The van der Waals surface area contributed by atoms with Crippen molar-refractivity contribution in [3.8, 4) is 5.75 Å². The van der Waals surface area contributed by atoms with Gasteiger partial charge in [-0.15, -0.1) is 0 Å². The Balaban J connectivity index is 1.51. The van der Waals surface area contributed by atoms with Crippen molar-refractivity contribution in [1.82, 2.24) is 10.2 Å². The molecule has 5 nitrogen and oxygen atoms in total. The summed E-state index contributed by atoms with van der Waals surface area (Å²) in [4.78, 5) is 27.1. The number of rotatable bonds is 6. The van der Waals surface area contributed by atoms with Gasteiger partial charge in [-0.3, -0.25) is 9.59 Å². The highest BCUT2D eigenvalue weighted by atomic mass is 16.5. The largest absolute Gasteiger partial charge is 0.496 e. The van der Waals surface area contributed by atoms with Crippen molar-refractivity contribution in [1.29, 1.82) is 0 Å². The second-order valence-corrected chi connectivity index (χ2v) is 7.35. The van der Waals surface area contributed by atoms with Crippen LogP contribution in [0.2, 0.25) is 0 Å². The van der Waals surface area contributed by atoms with Crippen LogP contribution < -0.4 is 10.1 Å². The number of piperidine rings is 1. The molecule has 3 rings (SSSR count). The van der Waals surface area contributed by atoms with Crippen molar-refractivity contribution in [2.75, 3.05) is 20.2 Å². The Morgan fingerprint density at radius 2 is 1.71 bits per heavy atom. The molecule has 28 heavy (non-hydrogen) atoms.